The van der Waals surface area contributed by atoms with Crippen molar-refractivity contribution in [2.24, 2.45) is 0 Å². The Hall–Kier alpha value is -2.98. The minimum absolute atomic E-state index is 0.0125. The molecule has 1 atom stereocenters. The predicted molar refractivity (Wildman–Crippen MR) is 115 cm³/mol. The molecule has 0 spiro atoms. The Morgan fingerprint density at radius 2 is 1.59 bits per heavy atom. The number of carbonyl (C=O) groups excluding carboxylic acids is 1. The van der Waals surface area contributed by atoms with Crippen molar-refractivity contribution >= 4 is 23.2 Å². The van der Waals surface area contributed by atoms with Gasteiger partial charge in [-0.05, 0) is 53.9 Å². The van der Waals surface area contributed by atoms with Crippen LogP contribution in [-0.2, 0) is 11.2 Å². The number of benzene rings is 3. The van der Waals surface area contributed by atoms with E-state index in [-0.39, 0.29) is 18.4 Å². The molecule has 1 aliphatic heterocycles. The predicted octanol–water partition coefficient (Wildman–Crippen LogP) is 5.34. The number of nitrogens with zero attached hydrogens (tertiary/aromatic N) is 1. The molecule has 29 heavy (non-hydrogen) atoms. The Balaban J connectivity index is 1.97. The van der Waals surface area contributed by atoms with Crippen molar-refractivity contribution in [3.05, 3.63) is 87.9 Å². The summed E-state index contributed by atoms with van der Waals surface area (Å²) in [6.45, 7) is 2.03. The smallest absolute Gasteiger partial charge is 0.232 e. The second-order valence-electron chi connectivity index (χ2n) is 7.11. The number of amides is 1. The van der Waals surface area contributed by atoms with Crippen LogP contribution in [0.4, 0.5) is 5.69 Å². The summed E-state index contributed by atoms with van der Waals surface area (Å²) in [5.74, 6) is 1.25. The second-order valence-corrected chi connectivity index (χ2v) is 7.51. The Morgan fingerprint density at radius 1 is 0.931 bits per heavy atom. The summed E-state index contributed by atoms with van der Waals surface area (Å²) in [6.07, 6.45) is 0.282. The minimum Gasteiger partial charge on any atom is -0.493 e. The number of fused-ring (bicyclic) bond motifs is 1. The molecule has 5 heteroatoms. The lowest BCUT2D eigenvalue weighted by Gasteiger charge is -2.38. The van der Waals surface area contributed by atoms with Crippen molar-refractivity contribution in [1.29, 1.82) is 0 Å². The highest BCUT2D eigenvalue weighted by Gasteiger charge is 2.36. The van der Waals surface area contributed by atoms with E-state index in [0.717, 1.165) is 27.9 Å². The molecule has 4 nitrogen and oxygen atoms in total. The molecule has 3 aromatic rings. The van der Waals surface area contributed by atoms with Crippen LogP contribution >= 0.6 is 11.6 Å². The molecule has 1 amide bonds. The van der Waals surface area contributed by atoms with E-state index in [1.54, 1.807) is 14.2 Å². The summed E-state index contributed by atoms with van der Waals surface area (Å²) in [5.41, 5.74) is 4.75. The van der Waals surface area contributed by atoms with E-state index in [0.29, 0.717) is 16.5 Å². The van der Waals surface area contributed by atoms with Gasteiger partial charge in [-0.2, -0.15) is 0 Å². The highest BCUT2D eigenvalue weighted by atomic mass is 35.5. The van der Waals surface area contributed by atoms with Gasteiger partial charge in [-0.15, -0.1) is 0 Å². The van der Waals surface area contributed by atoms with E-state index in [4.69, 9.17) is 21.1 Å². The third-order valence-electron chi connectivity index (χ3n) is 5.32. The van der Waals surface area contributed by atoms with E-state index >= 15 is 0 Å². The van der Waals surface area contributed by atoms with Crippen LogP contribution in [0.3, 0.4) is 0 Å². The molecule has 4 rings (SSSR count). The first-order chi connectivity index (χ1) is 14.0. The standard InChI is InChI=1S/C24H22ClNO3/c1-15-8-10-17(11-9-15)26-23(27)13-16-12-21(28-2)22(29-3)14-19(16)24(26)18-6-4-5-7-20(18)25/h4-12,14,24H,13H2,1-3H3/t24-/m0/s1. The van der Waals surface area contributed by atoms with Crippen LogP contribution in [0.1, 0.15) is 28.3 Å². The average Bonchev–Trinajstić information content (AvgIpc) is 2.73. The molecule has 1 aliphatic rings. The highest BCUT2D eigenvalue weighted by molar-refractivity contribution is 6.31. The first-order valence-corrected chi connectivity index (χ1v) is 9.79. The summed E-state index contributed by atoms with van der Waals surface area (Å²) in [7, 11) is 3.21. The summed E-state index contributed by atoms with van der Waals surface area (Å²) in [4.78, 5) is 15.1. The number of methoxy groups -OCH3 is 2. The van der Waals surface area contributed by atoms with Crippen LogP contribution in [0, 0.1) is 6.92 Å². The monoisotopic (exact) mass is 407 g/mol. The normalized spacial score (nSPS) is 15.8. The van der Waals surface area contributed by atoms with Crippen molar-refractivity contribution in [3.63, 3.8) is 0 Å². The number of halogens is 1. The van der Waals surface area contributed by atoms with E-state index < -0.39 is 0 Å². The second kappa shape index (κ2) is 7.80. The number of rotatable bonds is 4. The minimum atomic E-state index is -0.359. The maximum atomic E-state index is 13.3. The number of anilines is 1. The molecule has 0 radical (unpaired) electrons. The summed E-state index contributed by atoms with van der Waals surface area (Å²) >= 11 is 6.59. The van der Waals surface area contributed by atoms with E-state index in [9.17, 15) is 4.79 Å². The number of carbonyl (C=O) groups is 1. The van der Waals surface area contributed by atoms with Crippen LogP contribution in [-0.4, -0.2) is 20.1 Å². The fraction of sp³-hybridized carbons (Fsp3) is 0.208. The SMILES string of the molecule is COc1cc2c(cc1OC)[C@H](c1ccccc1Cl)N(c1ccc(C)cc1)C(=O)C2. The quantitative estimate of drug-likeness (QED) is 0.585. The fourth-order valence-corrected chi connectivity index (χ4v) is 4.12. The molecule has 0 aromatic heterocycles. The average molecular weight is 408 g/mol. The van der Waals surface area contributed by atoms with Gasteiger partial charge in [0.25, 0.3) is 0 Å². The fourth-order valence-electron chi connectivity index (χ4n) is 3.88. The van der Waals surface area contributed by atoms with Gasteiger partial charge in [-0.1, -0.05) is 47.5 Å². The number of hydrogen-bond donors (Lipinski definition) is 0. The van der Waals surface area contributed by atoms with Gasteiger partial charge in [0, 0.05) is 10.7 Å². The maximum absolute atomic E-state index is 13.3. The molecular weight excluding hydrogens is 386 g/mol. The molecule has 148 valence electrons. The Kier molecular flexibility index (Phi) is 5.20. The zero-order chi connectivity index (χ0) is 20.5. The van der Waals surface area contributed by atoms with Gasteiger partial charge >= 0.3 is 0 Å². The first kappa shape index (κ1) is 19.3. The molecule has 3 aromatic carbocycles. The van der Waals surface area contributed by atoms with Gasteiger partial charge < -0.3 is 14.4 Å². The van der Waals surface area contributed by atoms with Crippen molar-refractivity contribution in [2.45, 2.75) is 19.4 Å². The number of aryl methyl sites for hydroxylation is 1. The number of hydrogen-bond acceptors (Lipinski definition) is 3. The first-order valence-electron chi connectivity index (χ1n) is 9.41. The van der Waals surface area contributed by atoms with Gasteiger partial charge in [-0.3, -0.25) is 4.79 Å². The summed E-state index contributed by atoms with van der Waals surface area (Å²) in [5, 5.41) is 0.616. The molecule has 0 bridgehead atoms. The molecular formula is C24H22ClNO3. The third-order valence-corrected chi connectivity index (χ3v) is 5.66. The van der Waals surface area contributed by atoms with Crippen LogP contribution < -0.4 is 14.4 Å². The van der Waals surface area contributed by atoms with Crippen LogP contribution in [0.25, 0.3) is 0 Å². The highest BCUT2D eigenvalue weighted by Crippen LogP contribution is 2.44. The molecule has 0 saturated heterocycles. The maximum Gasteiger partial charge on any atom is 0.232 e. The topological polar surface area (TPSA) is 38.8 Å². The molecule has 0 aliphatic carbocycles. The Bertz CT molecular complexity index is 1060. The number of ether oxygens (including phenoxy) is 2. The molecule has 0 unspecified atom stereocenters. The zero-order valence-electron chi connectivity index (χ0n) is 16.6. The third kappa shape index (κ3) is 3.45. The largest absolute Gasteiger partial charge is 0.493 e. The van der Waals surface area contributed by atoms with Gasteiger partial charge in [0.05, 0.1) is 26.7 Å². The van der Waals surface area contributed by atoms with Gasteiger partial charge in [0.2, 0.25) is 5.91 Å². The van der Waals surface area contributed by atoms with E-state index in [2.05, 4.69) is 0 Å². The molecule has 0 saturated carbocycles. The Morgan fingerprint density at radius 3 is 2.24 bits per heavy atom. The van der Waals surface area contributed by atoms with Crippen LogP contribution in [0.2, 0.25) is 5.02 Å². The van der Waals surface area contributed by atoms with Gasteiger partial charge in [0.1, 0.15) is 0 Å². The Labute approximate surface area is 175 Å². The van der Waals surface area contributed by atoms with Crippen LogP contribution in [0.15, 0.2) is 60.7 Å². The molecule has 0 fully saturated rings. The summed E-state index contributed by atoms with van der Waals surface area (Å²) in [6, 6.07) is 19.1. The van der Waals surface area contributed by atoms with Crippen molar-refractivity contribution in [2.75, 3.05) is 19.1 Å². The van der Waals surface area contributed by atoms with Crippen molar-refractivity contribution in [3.8, 4) is 11.5 Å². The van der Waals surface area contributed by atoms with E-state index in [1.807, 2.05) is 72.5 Å². The molecule has 0 N–H and O–H groups in total. The van der Waals surface area contributed by atoms with Crippen molar-refractivity contribution in [1.82, 2.24) is 0 Å². The van der Waals surface area contributed by atoms with Crippen molar-refractivity contribution < 1.29 is 14.3 Å². The van der Waals surface area contributed by atoms with Gasteiger partial charge in [-0.25, -0.2) is 0 Å². The molecule has 1 heterocycles. The lowest BCUT2D eigenvalue weighted by molar-refractivity contribution is -0.118. The lowest BCUT2D eigenvalue weighted by Crippen LogP contribution is -2.41. The van der Waals surface area contributed by atoms with E-state index in [1.165, 1.54) is 0 Å². The summed E-state index contributed by atoms with van der Waals surface area (Å²) < 4.78 is 11.0. The lowest BCUT2D eigenvalue weighted by atomic mass is 9.86. The zero-order valence-corrected chi connectivity index (χ0v) is 17.4. The van der Waals surface area contributed by atoms with Gasteiger partial charge in [0.15, 0.2) is 11.5 Å². The van der Waals surface area contributed by atoms with Crippen LogP contribution in [0.5, 0.6) is 11.5 Å².